The molecule has 0 heteroatoms. The lowest BCUT2D eigenvalue weighted by atomic mass is 9.62. The van der Waals surface area contributed by atoms with Gasteiger partial charge in [-0.25, -0.2) is 0 Å². The zero-order valence-electron chi connectivity index (χ0n) is 11.7. The predicted molar refractivity (Wildman–Crippen MR) is 71.3 cm³/mol. The van der Waals surface area contributed by atoms with Crippen molar-refractivity contribution in [2.75, 3.05) is 0 Å². The van der Waals surface area contributed by atoms with Gasteiger partial charge in [-0.15, -0.1) is 0 Å². The van der Waals surface area contributed by atoms with Gasteiger partial charge in [-0.2, -0.15) is 0 Å². The van der Waals surface area contributed by atoms with Crippen LogP contribution in [-0.4, -0.2) is 0 Å². The third-order valence-electron chi connectivity index (χ3n) is 5.58. The van der Waals surface area contributed by atoms with Crippen molar-refractivity contribution in [1.82, 2.24) is 0 Å². The van der Waals surface area contributed by atoms with E-state index in [4.69, 9.17) is 0 Å². The van der Waals surface area contributed by atoms with Gasteiger partial charge in [-0.05, 0) is 74.0 Å². The third-order valence-corrected chi connectivity index (χ3v) is 5.58. The highest BCUT2D eigenvalue weighted by Crippen LogP contribution is 2.47. The fourth-order valence-corrected chi connectivity index (χ4v) is 4.17. The fourth-order valence-electron chi connectivity index (χ4n) is 4.17. The molecule has 2 fully saturated rings. The first-order valence-electron chi connectivity index (χ1n) is 7.58. The maximum Gasteiger partial charge on any atom is -0.0383 e. The molecule has 2 aliphatic rings. The second-order valence-corrected chi connectivity index (χ2v) is 7.15. The van der Waals surface area contributed by atoms with Gasteiger partial charge in [-0.1, -0.05) is 27.7 Å². The Hall–Kier alpha value is 0. The first-order valence-corrected chi connectivity index (χ1v) is 7.58. The van der Waals surface area contributed by atoms with Crippen LogP contribution in [0.15, 0.2) is 0 Å². The van der Waals surface area contributed by atoms with Crippen LogP contribution < -0.4 is 0 Å². The fraction of sp³-hybridized carbons (Fsp3) is 1.00. The second kappa shape index (κ2) is 5.10. The van der Waals surface area contributed by atoms with Crippen LogP contribution in [0.3, 0.4) is 0 Å². The van der Waals surface area contributed by atoms with Crippen molar-refractivity contribution in [3.8, 4) is 0 Å². The van der Waals surface area contributed by atoms with Gasteiger partial charge in [0.15, 0.2) is 0 Å². The molecule has 2 saturated carbocycles. The van der Waals surface area contributed by atoms with Crippen LogP contribution in [-0.2, 0) is 0 Å². The summed E-state index contributed by atoms with van der Waals surface area (Å²) < 4.78 is 0. The summed E-state index contributed by atoms with van der Waals surface area (Å²) >= 11 is 0. The molecule has 0 aromatic rings. The van der Waals surface area contributed by atoms with Crippen LogP contribution in [0.4, 0.5) is 0 Å². The normalized spacial score (nSPS) is 40.1. The molecule has 0 aromatic heterocycles. The lowest BCUT2D eigenvalue weighted by Gasteiger charge is -2.44. The Balaban J connectivity index is 1.90. The van der Waals surface area contributed by atoms with E-state index in [1.165, 1.54) is 25.7 Å². The van der Waals surface area contributed by atoms with Gasteiger partial charge in [0.05, 0.1) is 0 Å². The first-order chi connectivity index (χ1) is 7.58. The molecule has 0 bridgehead atoms. The smallest absolute Gasteiger partial charge is 0.0383 e. The summed E-state index contributed by atoms with van der Waals surface area (Å²) in [6.07, 6.45) is 9.21. The SMILES string of the molecule is CC(C)C1CCC2CC(C(C)C)CCC2C1. The molecule has 0 nitrogen and oxygen atoms in total. The van der Waals surface area contributed by atoms with Gasteiger partial charge in [0.1, 0.15) is 0 Å². The lowest BCUT2D eigenvalue weighted by molar-refractivity contribution is 0.0685. The highest BCUT2D eigenvalue weighted by molar-refractivity contribution is 4.87. The predicted octanol–water partition coefficient (Wildman–Crippen LogP) is 5.13. The Morgan fingerprint density at radius 1 is 0.625 bits per heavy atom. The molecular formula is C16H30. The number of hydrogen-bond donors (Lipinski definition) is 0. The van der Waals surface area contributed by atoms with Gasteiger partial charge in [0.25, 0.3) is 0 Å². The van der Waals surface area contributed by atoms with Gasteiger partial charge < -0.3 is 0 Å². The van der Waals surface area contributed by atoms with Crippen LogP contribution in [0.5, 0.6) is 0 Å². The molecule has 4 atom stereocenters. The van der Waals surface area contributed by atoms with Crippen LogP contribution >= 0.6 is 0 Å². The highest BCUT2D eigenvalue weighted by atomic mass is 14.4. The summed E-state index contributed by atoms with van der Waals surface area (Å²) in [6, 6.07) is 0. The molecule has 4 unspecified atom stereocenters. The van der Waals surface area contributed by atoms with E-state index in [9.17, 15) is 0 Å². The maximum absolute atomic E-state index is 2.42. The minimum atomic E-state index is 0.920. The number of hydrogen-bond acceptors (Lipinski definition) is 0. The summed E-state index contributed by atoms with van der Waals surface area (Å²) in [5, 5.41) is 0. The van der Waals surface area contributed by atoms with Crippen molar-refractivity contribution >= 4 is 0 Å². The van der Waals surface area contributed by atoms with Gasteiger partial charge >= 0.3 is 0 Å². The molecule has 2 aliphatic carbocycles. The molecule has 94 valence electrons. The zero-order valence-corrected chi connectivity index (χ0v) is 11.7. The molecule has 0 amide bonds. The summed E-state index contributed by atoms with van der Waals surface area (Å²) in [5.74, 6) is 6.11. The molecule has 0 heterocycles. The lowest BCUT2D eigenvalue weighted by Crippen LogP contribution is -2.33. The van der Waals surface area contributed by atoms with E-state index in [0.717, 1.165) is 35.5 Å². The van der Waals surface area contributed by atoms with Crippen LogP contribution in [0, 0.1) is 35.5 Å². The first kappa shape index (κ1) is 12.5. The van der Waals surface area contributed by atoms with Crippen molar-refractivity contribution in [1.29, 1.82) is 0 Å². The van der Waals surface area contributed by atoms with Gasteiger partial charge in [-0.3, -0.25) is 0 Å². The van der Waals surface area contributed by atoms with Crippen molar-refractivity contribution in [3.05, 3.63) is 0 Å². The zero-order chi connectivity index (χ0) is 11.7. The van der Waals surface area contributed by atoms with Crippen molar-refractivity contribution in [2.24, 2.45) is 35.5 Å². The summed E-state index contributed by atoms with van der Waals surface area (Å²) in [5.41, 5.74) is 0. The monoisotopic (exact) mass is 222 g/mol. The Morgan fingerprint density at radius 3 is 1.31 bits per heavy atom. The number of fused-ring (bicyclic) bond motifs is 1. The summed E-state index contributed by atoms with van der Waals surface area (Å²) in [7, 11) is 0. The highest BCUT2D eigenvalue weighted by Gasteiger charge is 2.36. The molecule has 2 rings (SSSR count). The third kappa shape index (κ3) is 2.63. The maximum atomic E-state index is 2.42. The molecule has 0 aromatic carbocycles. The minimum Gasteiger partial charge on any atom is -0.0625 e. The standard InChI is InChI=1S/C16H30/c1-11(2)13-5-7-16-10-14(12(3)4)6-8-15(16)9-13/h11-16H,5-10H2,1-4H3. The summed E-state index contributed by atoms with van der Waals surface area (Å²) in [4.78, 5) is 0. The molecular weight excluding hydrogens is 192 g/mol. The minimum absolute atomic E-state index is 0.920. The molecule has 0 saturated heterocycles. The van der Waals surface area contributed by atoms with E-state index in [1.54, 1.807) is 12.8 Å². The molecule has 16 heavy (non-hydrogen) atoms. The van der Waals surface area contributed by atoms with Crippen LogP contribution in [0.25, 0.3) is 0 Å². The van der Waals surface area contributed by atoms with E-state index in [1.807, 2.05) is 0 Å². The average molecular weight is 222 g/mol. The topological polar surface area (TPSA) is 0 Å². The van der Waals surface area contributed by atoms with Crippen molar-refractivity contribution in [3.63, 3.8) is 0 Å². The summed E-state index contributed by atoms with van der Waals surface area (Å²) in [6.45, 7) is 9.69. The average Bonchev–Trinajstić information content (AvgIpc) is 2.27. The molecule has 0 spiro atoms. The van der Waals surface area contributed by atoms with E-state index < -0.39 is 0 Å². The second-order valence-electron chi connectivity index (χ2n) is 7.15. The Morgan fingerprint density at radius 2 is 1.00 bits per heavy atom. The van der Waals surface area contributed by atoms with Crippen molar-refractivity contribution in [2.45, 2.75) is 66.2 Å². The van der Waals surface area contributed by atoms with E-state index >= 15 is 0 Å². The Labute approximate surface area is 102 Å². The largest absolute Gasteiger partial charge is 0.0625 e. The molecule has 0 aliphatic heterocycles. The van der Waals surface area contributed by atoms with E-state index in [0.29, 0.717) is 0 Å². The molecule has 0 N–H and O–H groups in total. The number of rotatable bonds is 2. The van der Waals surface area contributed by atoms with Gasteiger partial charge in [0.2, 0.25) is 0 Å². The van der Waals surface area contributed by atoms with E-state index in [-0.39, 0.29) is 0 Å². The van der Waals surface area contributed by atoms with Gasteiger partial charge in [0, 0.05) is 0 Å². The van der Waals surface area contributed by atoms with Crippen LogP contribution in [0.2, 0.25) is 0 Å². The Kier molecular flexibility index (Phi) is 3.97. The Bertz CT molecular complexity index is 192. The van der Waals surface area contributed by atoms with Crippen molar-refractivity contribution < 1.29 is 0 Å². The molecule has 0 radical (unpaired) electrons. The van der Waals surface area contributed by atoms with E-state index in [2.05, 4.69) is 27.7 Å². The quantitative estimate of drug-likeness (QED) is 0.607. The van der Waals surface area contributed by atoms with Crippen LogP contribution in [0.1, 0.15) is 66.2 Å².